The second-order valence-electron chi connectivity index (χ2n) is 6.65. The third-order valence-corrected chi connectivity index (χ3v) is 5.71. The number of halogens is 1. The minimum absolute atomic E-state index is 0.0824. The molecule has 0 aliphatic rings. The summed E-state index contributed by atoms with van der Waals surface area (Å²) >= 11 is 7.21. The second kappa shape index (κ2) is 9.28. The second-order valence-corrected chi connectivity index (χ2v) is 8.39. The number of Topliss-reactive ketones (excluding diaryl/α,β-unsaturated/α-hetero) is 1. The van der Waals surface area contributed by atoms with Crippen molar-refractivity contribution in [2.75, 3.05) is 5.32 Å². The molecule has 1 atom stereocenters. The molecule has 30 heavy (non-hydrogen) atoms. The van der Waals surface area contributed by atoms with Crippen molar-refractivity contribution in [2.45, 2.75) is 30.8 Å². The fraction of sp³-hybridized carbons (Fsp3) is 0.182. The van der Waals surface area contributed by atoms with Gasteiger partial charge in [0.05, 0.1) is 16.2 Å². The van der Waals surface area contributed by atoms with E-state index in [0.717, 1.165) is 11.8 Å². The van der Waals surface area contributed by atoms with Crippen molar-refractivity contribution in [1.82, 2.24) is 9.55 Å². The first-order chi connectivity index (χ1) is 14.3. The predicted molar refractivity (Wildman–Crippen MR) is 122 cm³/mol. The number of thioether (sulfide) groups is 1. The lowest BCUT2D eigenvalue weighted by molar-refractivity contribution is -0.115. The van der Waals surface area contributed by atoms with Gasteiger partial charge >= 0.3 is 0 Å². The summed E-state index contributed by atoms with van der Waals surface area (Å²) in [6, 6.07) is 11.6. The highest BCUT2D eigenvalue weighted by molar-refractivity contribution is 8.00. The molecule has 154 valence electrons. The van der Waals surface area contributed by atoms with Gasteiger partial charge in [0.1, 0.15) is 0 Å². The Morgan fingerprint density at radius 3 is 2.77 bits per heavy atom. The Morgan fingerprint density at radius 2 is 2.07 bits per heavy atom. The van der Waals surface area contributed by atoms with Crippen molar-refractivity contribution in [1.29, 1.82) is 0 Å². The van der Waals surface area contributed by atoms with Crippen LogP contribution >= 0.6 is 23.4 Å². The molecule has 0 saturated carbocycles. The third kappa shape index (κ3) is 4.80. The molecule has 1 N–H and O–H groups in total. The number of hydrogen-bond acceptors (Lipinski definition) is 5. The number of rotatable bonds is 7. The van der Waals surface area contributed by atoms with E-state index in [2.05, 4.69) is 16.9 Å². The van der Waals surface area contributed by atoms with Crippen LogP contribution in [0.25, 0.3) is 10.9 Å². The quantitative estimate of drug-likeness (QED) is 0.251. The molecule has 0 bridgehead atoms. The number of benzene rings is 2. The van der Waals surface area contributed by atoms with Crippen LogP contribution in [0.2, 0.25) is 5.02 Å². The number of fused-ring (bicyclic) bond motifs is 1. The summed E-state index contributed by atoms with van der Waals surface area (Å²) in [5.41, 5.74) is 1.29. The molecule has 3 aromatic rings. The smallest absolute Gasteiger partial charge is 0.262 e. The Kier molecular flexibility index (Phi) is 6.74. The molecule has 0 unspecified atom stereocenters. The van der Waals surface area contributed by atoms with E-state index in [0.29, 0.717) is 32.3 Å². The molecule has 2 aromatic carbocycles. The Balaban J connectivity index is 1.88. The van der Waals surface area contributed by atoms with Crippen LogP contribution in [0.15, 0.2) is 65.1 Å². The summed E-state index contributed by atoms with van der Waals surface area (Å²) in [5.74, 6) is -0.354. The molecule has 1 heterocycles. The minimum atomic E-state index is -0.550. The van der Waals surface area contributed by atoms with Gasteiger partial charge in [0.15, 0.2) is 10.9 Å². The van der Waals surface area contributed by atoms with Gasteiger partial charge in [0, 0.05) is 22.8 Å². The van der Waals surface area contributed by atoms with Gasteiger partial charge in [-0.3, -0.25) is 19.0 Å². The van der Waals surface area contributed by atoms with E-state index in [9.17, 15) is 14.4 Å². The number of nitrogens with zero attached hydrogens (tertiary/aromatic N) is 2. The van der Waals surface area contributed by atoms with Gasteiger partial charge in [-0.2, -0.15) is 0 Å². The first kappa shape index (κ1) is 21.8. The largest absolute Gasteiger partial charge is 0.325 e. The van der Waals surface area contributed by atoms with E-state index < -0.39 is 5.25 Å². The summed E-state index contributed by atoms with van der Waals surface area (Å²) < 4.78 is 1.48. The normalized spacial score (nSPS) is 11.8. The zero-order valence-electron chi connectivity index (χ0n) is 16.5. The number of carbonyl (C=O) groups is 2. The molecule has 0 spiro atoms. The molecule has 0 fully saturated rings. The lowest BCUT2D eigenvalue weighted by Gasteiger charge is -2.16. The van der Waals surface area contributed by atoms with Crippen LogP contribution < -0.4 is 10.9 Å². The Bertz CT molecular complexity index is 1210. The van der Waals surface area contributed by atoms with Crippen LogP contribution in [0, 0.1) is 0 Å². The molecule has 8 heteroatoms. The Morgan fingerprint density at radius 1 is 1.30 bits per heavy atom. The molecular weight excluding hydrogens is 422 g/mol. The number of hydrogen-bond donors (Lipinski definition) is 1. The summed E-state index contributed by atoms with van der Waals surface area (Å²) in [6.07, 6.45) is 1.60. The van der Waals surface area contributed by atoms with Crippen LogP contribution in [-0.2, 0) is 11.3 Å². The highest BCUT2D eigenvalue weighted by Crippen LogP contribution is 2.25. The van der Waals surface area contributed by atoms with Gasteiger partial charge in [0.25, 0.3) is 5.56 Å². The first-order valence-corrected chi connectivity index (χ1v) is 10.5. The van der Waals surface area contributed by atoms with Gasteiger partial charge < -0.3 is 5.32 Å². The monoisotopic (exact) mass is 441 g/mol. The molecule has 3 rings (SSSR count). The average Bonchev–Trinajstić information content (AvgIpc) is 2.70. The van der Waals surface area contributed by atoms with Crippen LogP contribution in [-0.4, -0.2) is 26.5 Å². The number of nitrogens with one attached hydrogen (secondary N) is 1. The SMILES string of the molecule is C=CCn1c(S[C@@H](C)C(=O)Nc2cccc(C(C)=O)c2)nc2cc(Cl)ccc2c1=O. The van der Waals surface area contributed by atoms with Crippen molar-refractivity contribution in [2.24, 2.45) is 0 Å². The van der Waals surface area contributed by atoms with Gasteiger partial charge in [-0.05, 0) is 44.2 Å². The number of ketones is 1. The van der Waals surface area contributed by atoms with Gasteiger partial charge in [0.2, 0.25) is 5.91 Å². The van der Waals surface area contributed by atoms with Crippen LogP contribution in [0.5, 0.6) is 0 Å². The van der Waals surface area contributed by atoms with Crippen LogP contribution in [0.1, 0.15) is 24.2 Å². The highest BCUT2D eigenvalue weighted by Gasteiger charge is 2.19. The molecule has 1 amide bonds. The van der Waals surface area contributed by atoms with E-state index in [1.807, 2.05) is 0 Å². The lowest BCUT2D eigenvalue weighted by atomic mass is 10.1. The van der Waals surface area contributed by atoms with E-state index >= 15 is 0 Å². The van der Waals surface area contributed by atoms with Gasteiger partial charge in [-0.25, -0.2) is 4.98 Å². The molecular formula is C22H20ClN3O3S. The van der Waals surface area contributed by atoms with Crippen molar-refractivity contribution in [3.05, 3.63) is 76.1 Å². The molecule has 0 aliphatic carbocycles. The number of carbonyl (C=O) groups excluding carboxylic acids is 2. The summed E-state index contributed by atoms with van der Waals surface area (Å²) in [7, 11) is 0. The molecule has 0 saturated heterocycles. The van der Waals surface area contributed by atoms with E-state index in [4.69, 9.17) is 11.6 Å². The van der Waals surface area contributed by atoms with Crippen LogP contribution in [0.4, 0.5) is 5.69 Å². The fourth-order valence-electron chi connectivity index (χ4n) is 2.83. The maximum absolute atomic E-state index is 12.9. The highest BCUT2D eigenvalue weighted by atomic mass is 35.5. The Labute approximate surface area is 183 Å². The number of allylic oxidation sites excluding steroid dienone is 1. The van der Waals surface area contributed by atoms with Crippen molar-refractivity contribution in [3.8, 4) is 0 Å². The lowest BCUT2D eigenvalue weighted by Crippen LogP contribution is -2.26. The fourth-order valence-corrected chi connectivity index (χ4v) is 3.91. The molecule has 0 aliphatic heterocycles. The molecule has 1 aromatic heterocycles. The van der Waals surface area contributed by atoms with E-state index in [-0.39, 0.29) is 23.8 Å². The topological polar surface area (TPSA) is 81.1 Å². The minimum Gasteiger partial charge on any atom is -0.325 e. The first-order valence-electron chi connectivity index (χ1n) is 9.19. The van der Waals surface area contributed by atoms with Crippen molar-refractivity contribution in [3.63, 3.8) is 0 Å². The third-order valence-electron chi connectivity index (χ3n) is 4.38. The standard InChI is InChI=1S/C22H20ClN3O3S/c1-4-10-26-21(29)18-9-8-16(23)12-19(18)25-22(26)30-14(3)20(28)24-17-7-5-6-15(11-17)13(2)27/h4-9,11-12,14H,1,10H2,2-3H3,(H,24,28)/t14-/m0/s1. The van der Waals surface area contributed by atoms with E-state index in [1.165, 1.54) is 11.5 Å². The molecule has 0 radical (unpaired) electrons. The maximum Gasteiger partial charge on any atom is 0.262 e. The summed E-state index contributed by atoms with van der Waals surface area (Å²) in [6.45, 7) is 7.16. The Hall–Kier alpha value is -2.90. The van der Waals surface area contributed by atoms with Gasteiger partial charge in [-0.15, -0.1) is 6.58 Å². The van der Waals surface area contributed by atoms with Crippen LogP contribution in [0.3, 0.4) is 0 Å². The average molecular weight is 442 g/mol. The predicted octanol–water partition coefficient (Wildman–Crippen LogP) is 4.56. The van der Waals surface area contributed by atoms with Gasteiger partial charge in [-0.1, -0.05) is 41.6 Å². The van der Waals surface area contributed by atoms with E-state index in [1.54, 1.807) is 55.5 Å². The molecule has 6 nitrogen and oxygen atoms in total. The van der Waals surface area contributed by atoms with Crippen molar-refractivity contribution >= 4 is 51.6 Å². The number of aromatic nitrogens is 2. The summed E-state index contributed by atoms with van der Waals surface area (Å²) in [5, 5.41) is 3.57. The zero-order valence-corrected chi connectivity index (χ0v) is 18.1. The maximum atomic E-state index is 12.9. The zero-order chi connectivity index (χ0) is 21.8. The summed E-state index contributed by atoms with van der Waals surface area (Å²) in [4.78, 5) is 41.7. The van der Waals surface area contributed by atoms with Crippen molar-refractivity contribution < 1.29 is 9.59 Å². The number of anilines is 1. The number of amides is 1.